The van der Waals surface area contributed by atoms with Gasteiger partial charge >= 0.3 is 26.2 Å². The predicted octanol–water partition coefficient (Wildman–Crippen LogP) is 2.04. The van der Waals surface area contributed by atoms with Gasteiger partial charge in [-0.25, -0.2) is 0 Å². The molecule has 1 atom stereocenters. The molecule has 0 N–H and O–H groups in total. The number of unbranched alkanes of at least 4 members (excludes halogenated alkanes) is 3. The molecule has 0 aliphatic carbocycles. The van der Waals surface area contributed by atoms with Gasteiger partial charge in [-0.3, -0.25) is 0 Å². The molecule has 0 aromatic rings. The van der Waals surface area contributed by atoms with E-state index in [4.69, 9.17) is 0 Å². The number of carbonyl (C=O) groups is 2. The second-order valence-electron chi connectivity index (χ2n) is 7.06. The van der Waals surface area contributed by atoms with Crippen LogP contribution >= 0.6 is 0 Å². The van der Waals surface area contributed by atoms with Gasteiger partial charge in [0.25, 0.3) is 0 Å². The van der Waals surface area contributed by atoms with Crippen molar-refractivity contribution in [2.45, 2.75) is 92.4 Å². The Morgan fingerprint density at radius 2 is 1.52 bits per heavy atom. The van der Waals surface area contributed by atoms with Crippen molar-refractivity contribution in [3.05, 3.63) is 0 Å². The third kappa shape index (κ3) is 24.2. The third-order valence-corrected chi connectivity index (χ3v) is 3.54. The van der Waals surface area contributed by atoms with Gasteiger partial charge in [0.15, 0.2) is 0 Å². The third-order valence-electron chi connectivity index (χ3n) is 3.54. The molecule has 0 heterocycles. The number of hydrogen-bond acceptors (Lipinski definition) is 4. The molecule has 1 unspecified atom stereocenters. The van der Waals surface area contributed by atoms with Crippen molar-refractivity contribution in [3.63, 3.8) is 0 Å². The maximum absolute atomic E-state index is 10.3. The van der Waals surface area contributed by atoms with E-state index in [-0.39, 0.29) is 38.5 Å². The number of aliphatic carboxylic acids is 2. The first kappa shape index (κ1) is 27.7. The van der Waals surface area contributed by atoms with Crippen LogP contribution in [0.15, 0.2) is 0 Å². The number of rotatable bonds is 10. The Hall–Kier alpha value is -0.177. The van der Waals surface area contributed by atoms with E-state index in [1.807, 2.05) is 6.92 Å². The monoisotopic (exact) mass is 524 g/mol. The van der Waals surface area contributed by atoms with Gasteiger partial charge in [0.1, 0.15) is 0 Å². The topological polar surface area (TPSA) is 80.3 Å². The quantitative estimate of drug-likeness (QED) is 0.324. The Balaban J connectivity index is -0.000000338. The summed E-state index contributed by atoms with van der Waals surface area (Å²) in [6, 6.07) is 0. The minimum atomic E-state index is -0.925. The fourth-order valence-corrected chi connectivity index (χ4v) is 2.04. The van der Waals surface area contributed by atoms with E-state index in [1.54, 1.807) is 0 Å². The van der Waals surface area contributed by atoms with Gasteiger partial charge in [-0.15, -0.1) is 0 Å². The Kier molecular flexibility index (Phi) is 20.1. The molecule has 2 radical (unpaired) electrons. The van der Waals surface area contributed by atoms with Crippen molar-refractivity contribution in [1.82, 2.24) is 0 Å². The van der Waals surface area contributed by atoms with Crippen LogP contribution in [-0.4, -0.2) is 38.1 Å². The van der Waals surface area contributed by atoms with Crippen LogP contribution in [0.5, 0.6) is 0 Å². The van der Waals surface area contributed by atoms with E-state index >= 15 is 0 Å². The van der Waals surface area contributed by atoms with E-state index in [1.165, 1.54) is 6.42 Å². The average molecular weight is 524 g/mol. The van der Waals surface area contributed by atoms with E-state index < -0.39 is 11.9 Å². The summed E-state index contributed by atoms with van der Waals surface area (Å²) in [7, 11) is 0. The molecule has 0 spiro atoms. The van der Waals surface area contributed by atoms with Crippen LogP contribution in [-0.2, 0) is 9.59 Å². The van der Waals surface area contributed by atoms with Crippen molar-refractivity contribution < 1.29 is 19.8 Å². The second kappa shape index (κ2) is 16.7. The van der Waals surface area contributed by atoms with Gasteiger partial charge in [-0.05, 0) is 43.4 Å². The normalized spacial score (nSPS) is 11.7. The van der Waals surface area contributed by atoms with Crippen LogP contribution in [0.25, 0.3) is 0 Å². The molecule has 0 saturated heterocycles. The summed E-state index contributed by atoms with van der Waals surface area (Å²) in [6.07, 6.45) is 7.79. The number of hydrogen-bond donors (Lipinski definition) is 0. The van der Waals surface area contributed by atoms with Crippen molar-refractivity contribution in [1.29, 1.82) is 0 Å². The van der Waals surface area contributed by atoms with Gasteiger partial charge in [0.05, 0.1) is 0 Å². The molecular weight excluding hydrogens is 489 g/mol. The Morgan fingerprint density at radius 3 is 1.87 bits per heavy atom. The van der Waals surface area contributed by atoms with Crippen LogP contribution in [0, 0.1) is 11.3 Å². The molecule has 0 fully saturated rings. The Bertz CT molecular complexity index is 298. The molecule has 0 rings (SSSR count). The van der Waals surface area contributed by atoms with Gasteiger partial charge in [0, 0.05) is 11.9 Å². The summed E-state index contributed by atoms with van der Waals surface area (Å²) in [5.74, 6) is -2.04. The van der Waals surface area contributed by atoms with E-state index in [0.29, 0.717) is 11.8 Å². The molecule has 136 valence electrons. The molecule has 0 amide bonds. The first-order valence-corrected chi connectivity index (χ1v) is 8.54. The molecule has 0 aliphatic heterocycles. The molecule has 0 aliphatic rings. The molecule has 5 heteroatoms. The van der Waals surface area contributed by atoms with Crippen LogP contribution in [0.3, 0.4) is 0 Å². The van der Waals surface area contributed by atoms with Crippen LogP contribution < -0.4 is 10.2 Å². The Morgan fingerprint density at radius 1 is 0.957 bits per heavy atom. The second-order valence-corrected chi connectivity index (χ2v) is 7.06. The maximum atomic E-state index is 10.3. The number of carboxylic acid groups (broad SMARTS) is 2. The molecule has 0 saturated carbocycles. The fourth-order valence-electron chi connectivity index (χ4n) is 2.04. The van der Waals surface area contributed by atoms with Crippen molar-refractivity contribution in [2.24, 2.45) is 11.3 Å². The SMILES string of the molecule is CC(C)(C)CCCCCC(=O)[O-].CCCCC(CC)C(=O)[O-].[BiH+2]. The average Bonchev–Trinajstić information content (AvgIpc) is 2.38. The van der Waals surface area contributed by atoms with E-state index in [9.17, 15) is 19.8 Å². The summed E-state index contributed by atoms with van der Waals surface area (Å²) in [4.78, 5) is 20.4. The molecule has 0 bridgehead atoms. The van der Waals surface area contributed by atoms with Gasteiger partial charge in [-0.1, -0.05) is 60.3 Å². The van der Waals surface area contributed by atoms with Gasteiger partial charge in [0.2, 0.25) is 0 Å². The molecule has 0 aromatic carbocycles. The predicted molar refractivity (Wildman–Crippen MR) is 93.0 cm³/mol. The summed E-state index contributed by atoms with van der Waals surface area (Å²) in [5, 5.41) is 20.4. The summed E-state index contributed by atoms with van der Waals surface area (Å²) < 4.78 is 0. The van der Waals surface area contributed by atoms with Gasteiger partial charge < -0.3 is 19.8 Å². The molecule has 0 aromatic heterocycles. The van der Waals surface area contributed by atoms with Crippen LogP contribution in [0.4, 0.5) is 0 Å². The first-order valence-electron chi connectivity index (χ1n) is 8.54. The zero-order valence-corrected chi connectivity index (χ0v) is 19.5. The summed E-state index contributed by atoms with van der Waals surface area (Å²) >= 11 is 0. The summed E-state index contributed by atoms with van der Waals surface area (Å²) in [5.41, 5.74) is 0.376. The van der Waals surface area contributed by atoms with Crippen molar-refractivity contribution in [2.75, 3.05) is 0 Å². The first-order chi connectivity index (χ1) is 10.1. The summed E-state index contributed by atoms with van der Waals surface area (Å²) in [6.45, 7) is 10.5. The Labute approximate surface area is 161 Å². The fraction of sp³-hybridized carbons (Fsp3) is 0.889. The molecule has 23 heavy (non-hydrogen) atoms. The molecular formula is C18H35BiO4. The number of carbonyl (C=O) groups excluding carboxylic acids is 2. The van der Waals surface area contributed by atoms with Crippen molar-refractivity contribution >= 4 is 38.1 Å². The van der Waals surface area contributed by atoms with Crippen molar-refractivity contribution in [3.8, 4) is 0 Å². The van der Waals surface area contributed by atoms with E-state index in [0.717, 1.165) is 38.5 Å². The minimum absolute atomic E-state index is 0. The van der Waals surface area contributed by atoms with Gasteiger partial charge in [-0.2, -0.15) is 0 Å². The molecule has 4 nitrogen and oxygen atoms in total. The number of carboxylic acids is 2. The zero-order valence-electron chi connectivity index (χ0n) is 15.6. The standard InChI is InChI=1S/C10H20O2.C8H16O2.Bi.H/c1-10(2,3)8-6-4-5-7-9(11)12;1-3-5-6-7(4-2)8(9)10;;/h4-8H2,1-3H3,(H,11,12);7H,3-6H2,1-2H3,(H,9,10);;/q;;+2;/p-2. The van der Waals surface area contributed by atoms with Crippen LogP contribution in [0.2, 0.25) is 0 Å². The van der Waals surface area contributed by atoms with E-state index in [2.05, 4.69) is 27.7 Å². The van der Waals surface area contributed by atoms with Crippen LogP contribution in [0.1, 0.15) is 92.4 Å². The zero-order chi connectivity index (χ0) is 17.6.